The maximum Gasteiger partial charge on any atom is 0.264 e. The monoisotopic (exact) mass is 272 g/mol. The highest BCUT2D eigenvalue weighted by Gasteiger charge is 2.33. The molecule has 0 radical (unpaired) electrons. The smallest absolute Gasteiger partial charge is 0.264 e. The van der Waals surface area contributed by atoms with Crippen LogP contribution in [0.4, 0.5) is 0 Å². The molecule has 2 heterocycles. The molecular weight excluding hydrogens is 256 g/mol. The van der Waals surface area contributed by atoms with E-state index in [1.165, 1.54) is 4.88 Å². The van der Waals surface area contributed by atoms with Crippen molar-refractivity contribution in [3.63, 3.8) is 0 Å². The minimum atomic E-state index is 0.145. The molecular formula is C15H16N2OS. The van der Waals surface area contributed by atoms with Crippen LogP contribution in [0, 0.1) is 6.92 Å². The quantitative estimate of drug-likeness (QED) is 0.856. The first-order valence-corrected chi connectivity index (χ1v) is 7.33. The number of carbonyl (C=O) groups excluding carboxylic acids is 1. The molecule has 0 N–H and O–H groups in total. The molecule has 2 aromatic heterocycles. The van der Waals surface area contributed by atoms with Gasteiger partial charge in [0.1, 0.15) is 0 Å². The van der Waals surface area contributed by atoms with Crippen LogP contribution in [0.5, 0.6) is 0 Å². The number of carbonyl (C=O) groups is 1. The molecule has 0 aliphatic heterocycles. The fourth-order valence-corrected chi connectivity index (χ4v) is 2.93. The molecule has 1 amide bonds. The standard InChI is InChI=1S/C15H16N2OS/c1-11-5-8-14(19-11)15(18)17(13-6-7-13)10-12-4-2-3-9-16-12/h2-5,8-9,13H,6-7,10H2,1H3. The third-order valence-corrected chi connectivity index (χ3v) is 4.25. The van der Waals surface area contributed by atoms with E-state index in [2.05, 4.69) is 4.98 Å². The third-order valence-electron chi connectivity index (χ3n) is 3.26. The molecule has 19 heavy (non-hydrogen) atoms. The van der Waals surface area contributed by atoms with Crippen molar-refractivity contribution in [3.8, 4) is 0 Å². The Hall–Kier alpha value is -1.68. The minimum Gasteiger partial charge on any atom is -0.329 e. The summed E-state index contributed by atoms with van der Waals surface area (Å²) in [6.45, 7) is 2.64. The van der Waals surface area contributed by atoms with Crippen LogP contribution in [-0.2, 0) is 6.54 Å². The van der Waals surface area contributed by atoms with E-state index in [9.17, 15) is 4.79 Å². The second kappa shape index (κ2) is 5.13. The van der Waals surface area contributed by atoms with Gasteiger partial charge in [-0.2, -0.15) is 0 Å². The van der Waals surface area contributed by atoms with E-state index >= 15 is 0 Å². The molecule has 0 atom stereocenters. The first kappa shape index (κ1) is 12.4. The molecule has 98 valence electrons. The summed E-state index contributed by atoms with van der Waals surface area (Å²) in [4.78, 5) is 20.8. The van der Waals surface area contributed by atoms with Crippen molar-refractivity contribution < 1.29 is 4.79 Å². The number of pyridine rings is 1. The summed E-state index contributed by atoms with van der Waals surface area (Å²) >= 11 is 1.57. The molecule has 0 saturated heterocycles. The minimum absolute atomic E-state index is 0.145. The van der Waals surface area contributed by atoms with Crippen molar-refractivity contribution in [1.29, 1.82) is 0 Å². The van der Waals surface area contributed by atoms with Crippen LogP contribution >= 0.6 is 11.3 Å². The SMILES string of the molecule is Cc1ccc(C(=O)N(Cc2ccccn2)C2CC2)s1. The molecule has 0 spiro atoms. The van der Waals surface area contributed by atoms with Gasteiger partial charge in [0.15, 0.2) is 0 Å². The van der Waals surface area contributed by atoms with Crippen molar-refractivity contribution in [3.05, 3.63) is 52.0 Å². The van der Waals surface area contributed by atoms with Gasteiger partial charge in [-0.1, -0.05) is 6.07 Å². The lowest BCUT2D eigenvalue weighted by atomic mass is 10.3. The predicted octanol–water partition coefficient (Wildman–Crippen LogP) is 3.26. The Bertz CT molecular complexity index is 575. The summed E-state index contributed by atoms with van der Waals surface area (Å²) in [5, 5.41) is 0. The summed E-state index contributed by atoms with van der Waals surface area (Å²) in [6, 6.07) is 10.2. The van der Waals surface area contributed by atoms with Crippen LogP contribution < -0.4 is 0 Å². The van der Waals surface area contributed by atoms with Crippen molar-refractivity contribution in [2.24, 2.45) is 0 Å². The van der Waals surface area contributed by atoms with E-state index in [0.717, 1.165) is 23.4 Å². The summed E-state index contributed by atoms with van der Waals surface area (Å²) < 4.78 is 0. The zero-order valence-electron chi connectivity index (χ0n) is 10.9. The molecule has 1 fully saturated rings. The van der Waals surface area contributed by atoms with E-state index in [4.69, 9.17) is 0 Å². The predicted molar refractivity (Wildman–Crippen MR) is 76.2 cm³/mol. The van der Waals surface area contributed by atoms with Gasteiger partial charge in [0.05, 0.1) is 17.1 Å². The van der Waals surface area contributed by atoms with Gasteiger partial charge in [-0.15, -0.1) is 11.3 Å². The maximum atomic E-state index is 12.6. The normalized spacial score (nSPS) is 14.4. The zero-order chi connectivity index (χ0) is 13.2. The Balaban J connectivity index is 1.79. The second-order valence-corrected chi connectivity index (χ2v) is 6.18. The molecule has 4 heteroatoms. The van der Waals surface area contributed by atoms with Gasteiger partial charge in [-0.05, 0) is 44.0 Å². The fourth-order valence-electron chi connectivity index (χ4n) is 2.11. The number of amides is 1. The summed E-state index contributed by atoms with van der Waals surface area (Å²) in [5.41, 5.74) is 0.955. The number of aromatic nitrogens is 1. The highest BCUT2D eigenvalue weighted by atomic mass is 32.1. The summed E-state index contributed by atoms with van der Waals surface area (Å²) in [6.07, 6.45) is 4.01. The molecule has 0 aromatic carbocycles. The van der Waals surface area contributed by atoms with Crippen molar-refractivity contribution in [1.82, 2.24) is 9.88 Å². The van der Waals surface area contributed by atoms with Gasteiger partial charge in [0, 0.05) is 17.1 Å². The number of hydrogen-bond acceptors (Lipinski definition) is 3. The van der Waals surface area contributed by atoms with Gasteiger partial charge in [-0.3, -0.25) is 9.78 Å². The number of hydrogen-bond donors (Lipinski definition) is 0. The van der Waals surface area contributed by atoms with Crippen molar-refractivity contribution in [2.45, 2.75) is 32.4 Å². The lowest BCUT2D eigenvalue weighted by Crippen LogP contribution is -2.32. The second-order valence-electron chi connectivity index (χ2n) is 4.90. The third kappa shape index (κ3) is 2.84. The zero-order valence-corrected chi connectivity index (χ0v) is 11.7. The molecule has 3 rings (SSSR count). The Morgan fingerprint density at radius 1 is 1.37 bits per heavy atom. The molecule has 1 aliphatic rings. The van der Waals surface area contributed by atoms with E-state index < -0.39 is 0 Å². The van der Waals surface area contributed by atoms with Crippen molar-refractivity contribution >= 4 is 17.2 Å². The molecule has 2 aromatic rings. The lowest BCUT2D eigenvalue weighted by molar-refractivity contribution is 0.0732. The number of thiophene rings is 1. The molecule has 0 bridgehead atoms. The van der Waals surface area contributed by atoms with Gasteiger partial charge >= 0.3 is 0 Å². The van der Waals surface area contributed by atoms with E-state index in [1.807, 2.05) is 42.2 Å². The molecule has 1 aliphatic carbocycles. The Labute approximate surface area is 116 Å². The fraction of sp³-hybridized carbons (Fsp3) is 0.333. The van der Waals surface area contributed by atoms with Crippen molar-refractivity contribution in [2.75, 3.05) is 0 Å². The summed E-state index contributed by atoms with van der Waals surface area (Å²) in [7, 11) is 0. The van der Waals surface area contributed by atoms with Gasteiger partial charge in [0.2, 0.25) is 0 Å². The maximum absolute atomic E-state index is 12.6. The Kier molecular flexibility index (Phi) is 3.34. The lowest BCUT2D eigenvalue weighted by Gasteiger charge is -2.21. The Morgan fingerprint density at radius 3 is 2.79 bits per heavy atom. The van der Waals surface area contributed by atoms with Crippen LogP contribution in [0.15, 0.2) is 36.5 Å². The highest BCUT2D eigenvalue weighted by molar-refractivity contribution is 7.13. The highest BCUT2D eigenvalue weighted by Crippen LogP contribution is 2.30. The van der Waals surface area contributed by atoms with Crippen LogP contribution in [0.3, 0.4) is 0 Å². The Morgan fingerprint density at radius 2 is 2.21 bits per heavy atom. The van der Waals surface area contributed by atoms with Crippen LogP contribution in [-0.4, -0.2) is 21.8 Å². The summed E-state index contributed by atoms with van der Waals surface area (Å²) in [5.74, 6) is 0.145. The number of aryl methyl sites for hydroxylation is 1. The number of rotatable bonds is 4. The van der Waals surface area contributed by atoms with Crippen LogP contribution in [0.2, 0.25) is 0 Å². The van der Waals surface area contributed by atoms with E-state index in [-0.39, 0.29) is 5.91 Å². The van der Waals surface area contributed by atoms with Gasteiger partial charge in [-0.25, -0.2) is 0 Å². The average Bonchev–Trinajstić information content (AvgIpc) is 3.18. The number of nitrogens with zero attached hydrogens (tertiary/aromatic N) is 2. The van der Waals surface area contributed by atoms with Crippen LogP contribution in [0.1, 0.15) is 33.1 Å². The van der Waals surface area contributed by atoms with Gasteiger partial charge < -0.3 is 4.90 Å². The molecule has 1 saturated carbocycles. The first-order chi connectivity index (χ1) is 9.24. The molecule has 0 unspecified atom stereocenters. The largest absolute Gasteiger partial charge is 0.329 e. The molecule has 3 nitrogen and oxygen atoms in total. The first-order valence-electron chi connectivity index (χ1n) is 6.51. The van der Waals surface area contributed by atoms with Crippen LogP contribution in [0.25, 0.3) is 0 Å². The van der Waals surface area contributed by atoms with Gasteiger partial charge in [0.25, 0.3) is 5.91 Å². The van der Waals surface area contributed by atoms with E-state index in [0.29, 0.717) is 12.6 Å². The van der Waals surface area contributed by atoms with E-state index in [1.54, 1.807) is 17.5 Å². The average molecular weight is 272 g/mol. The topological polar surface area (TPSA) is 33.2 Å².